The van der Waals surface area contributed by atoms with E-state index in [0.717, 1.165) is 12.2 Å². The largest absolute Gasteiger partial charge is 0.458 e. The number of carbonyl (C=O) groups is 1. The number of benzene rings is 1. The zero-order valence-corrected chi connectivity index (χ0v) is 15.2. The molecule has 0 amide bonds. The molecule has 1 aliphatic rings. The summed E-state index contributed by atoms with van der Waals surface area (Å²) < 4.78 is 5.51. The zero-order valence-electron chi connectivity index (χ0n) is 14.4. The zero-order chi connectivity index (χ0) is 15.9. The van der Waals surface area contributed by atoms with E-state index in [2.05, 4.69) is 5.32 Å². The van der Waals surface area contributed by atoms with Crippen LogP contribution in [0.2, 0.25) is 0 Å². The molecule has 1 N–H and O–H groups in total. The summed E-state index contributed by atoms with van der Waals surface area (Å²) in [5.74, 6) is -0.247. The maximum atomic E-state index is 12.1. The van der Waals surface area contributed by atoms with Crippen molar-refractivity contribution in [3.05, 3.63) is 29.8 Å². The molecule has 0 bridgehead atoms. The predicted octanol–water partition coefficient (Wildman–Crippen LogP) is 3.64. The van der Waals surface area contributed by atoms with Crippen molar-refractivity contribution >= 4 is 24.1 Å². The molecule has 0 heterocycles. The van der Waals surface area contributed by atoms with Crippen molar-refractivity contribution in [3.8, 4) is 0 Å². The molecule has 5 heteroatoms. The Kier molecular flexibility index (Phi) is 8.42. The van der Waals surface area contributed by atoms with Crippen LogP contribution in [0.4, 0.5) is 5.69 Å². The molecule has 0 radical (unpaired) electrons. The van der Waals surface area contributed by atoms with Crippen LogP contribution in [0.1, 0.15) is 49.4 Å². The van der Waals surface area contributed by atoms with Gasteiger partial charge in [0, 0.05) is 32.4 Å². The van der Waals surface area contributed by atoms with Crippen LogP contribution in [0.25, 0.3) is 0 Å². The second-order valence-corrected chi connectivity index (χ2v) is 6.40. The monoisotopic (exact) mass is 340 g/mol. The maximum Gasteiger partial charge on any atom is 0.338 e. The highest BCUT2D eigenvalue weighted by Crippen LogP contribution is 2.17. The summed E-state index contributed by atoms with van der Waals surface area (Å²) in [6.07, 6.45) is 6.35. The van der Waals surface area contributed by atoms with Crippen molar-refractivity contribution in [1.82, 2.24) is 5.32 Å². The molecular formula is C18H29ClN2O2. The van der Waals surface area contributed by atoms with E-state index in [-0.39, 0.29) is 24.5 Å². The summed E-state index contributed by atoms with van der Waals surface area (Å²) in [7, 11) is 3.96. The highest BCUT2D eigenvalue weighted by atomic mass is 35.5. The van der Waals surface area contributed by atoms with Crippen molar-refractivity contribution in [1.29, 1.82) is 0 Å². The van der Waals surface area contributed by atoms with Gasteiger partial charge >= 0.3 is 5.97 Å². The molecule has 1 fully saturated rings. The number of nitrogens with one attached hydrogen (secondary N) is 1. The van der Waals surface area contributed by atoms with Crippen molar-refractivity contribution in [2.24, 2.45) is 0 Å². The number of anilines is 1. The first kappa shape index (κ1) is 19.8. The average Bonchev–Trinajstić information content (AvgIpc) is 2.54. The van der Waals surface area contributed by atoms with Crippen LogP contribution in [-0.2, 0) is 4.74 Å². The van der Waals surface area contributed by atoms with Crippen LogP contribution in [0.5, 0.6) is 0 Å². The molecule has 1 aromatic carbocycles. The molecule has 23 heavy (non-hydrogen) atoms. The lowest BCUT2D eigenvalue weighted by molar-refractivity contribution is 0.0334. The van der Waals surface area contributed by atoms with Gasteiger partial charge in [-0.2, -0.15) is 0 Å². The highest BCUT2D eigenvalue weighted by Gasteiger charge is 2.16. The normalized spacial score (nSPS) is 16.3. The lowest BCUT2D eigenvalue weighted by atomic mass is 9.95. The molecule has 130 valence electrons. The standard InChI is InChI=1S/C18H28N2O2.ClH/c1-14(13-19-16-7-5-4-6-8-16)22-18(21)15-9-11-17(12-10-15)20(2)3;/h9-12,14,16,19H,4-8,13H2,1-3H3;1H. The Morgan fingerprint density at radius 3 is 2.39 bits per heavy atom. The van der Waals surface area contributed by atoms with Gasteiger partial charge in [-0.3, -0.25) is 0 Å². The fourth-order valence-electron chi connectivity index (χ4n) is 2.83. The molecule has 0 aromatic heterocycles. The van der Waals surface area contributed by atoms with Crippen LogP contribution in [0.3, 0.4) is 0 Å². The van der Waals surface area contributed by atoms with Crippen molar-refractivity contribution in [3.63, 3.8) is 0 Å². The fourth-order valence-corrected chi connectivity index (χ4v) is 2.83. The molecule has 1 unspecified atom stereocenters. The Bertz CT molecular complexity index is 470. The summed E-state index contributed by atoms with van der Waals surface area (Å²) in [5.41, 5.74) is 1.68. The number of hydrogen-bond donors (Lipinski definition) is 1. The minimum Gasteiger partial charge on any atom is -0.458 e. The molecule has 0 saturated heterocycles. The highest BCUT2D eigenvalue weighted by molar-refractivity contribution is 5.89. The molecule has 0 aliphatic heterocycles. The smallest absolute Gasteiger partial charge is 0.338 e. The first-order valence-electron chi connectivity index (χ1n) is 8.28. The van der Waals surface area contributed by atoms with Crippen molar-refractivity contribution < 1.29 is 9.53 Å². The van der Waals surface area contributed by atoms with Gasteiger partial charge in [-0.15, -0.1) is 12.4 Å². The Labute approximate surface area is 146 Å². The van der Waals surface area contributed by atoms with Crippen LogP contribution >= 0.6 is 12.4 Å². The van der Waals surface area contributed by atoms with Crippen LogP contribution in [0.15, 0.2) is 24.3 Å². The topological polar surface area (TPSA) is 41.6 Å². The van der Waals surface area contributed by atoms with E-state index in [4.69, 9.17) is 4.74 Å². The van der Waals surface area contributed by atoms with Crippen LogP contribution < -0.4 is 10.2 Å². The molecule has 4 nitrogen and oxygen atoms in total. The Balaban J connectivity index is 0.00000264. The molecule has 1 atom stereocenters. The fraction of sp³-hybridized carbons (Fsp3) is 0.611. The number of nitrogens with zero attached hydrogens (tertiary/aromatic N) is 1. The number of carbonyl (C=O) groups excluding carboxylic acids is 1. The molecule has 1 saturated carbocycles. The lowest BCUT2D eigenvalue weighted by Gasteiger charge is -2.24. The third kappa shape index (κ3) is 6.40. The summed E-state index contributed by atoms with van der Waals surface area (Å²) >= 11 is 0. The Morgan fingerprint density at radius 1 is 1.22 bits per heavy atom. The van der Waals surface area contributed by atoms with E-state index < -0.39 is 0 Å². The van der Waals surface area contributed by atoms with E-state index in [9.17, 15) is 4.79 Å². The number of rotatable bonds is 6. The van der Waals surface area contributed by atoms with Gasteiger partial charge in [-0.1, -0.05) is 19.3 Å². The second kappa shape index (κ2) is 9.78. The van der Waals surface area contributed by atoms with E-state index >= 15 is 0 Å². The van der Waals surface area contributed by atoms with Gasteiger partial charge in [0.2, 0.25) is 0 Å². The SMILES string of the molecule is CC(CNC1CCCCC1)OC(=O)c1ccc(N(C)C)cc1.Cl. The summed E-state index contributed by atoms with van der Waals surface area (Å²) in [6, 6.07) is 8.09. The third-order valence-electron chi connectivity index (χ3n) is 4.23. The minimum atomic E-state index is -0.247. The first-order valence-corrected chi connectivity index (χ1v) is 8.28. The molecular weight excluding hydrogens is 312 g/mol. The predicted molar refractivity (Wildman–Crippen MR) is 97.8 cm³/mol. The maximum absolute atomic E-state index is 12.1. The number of halogens is 1. The lowest BCUT2D eigenvalue weighted by Crippen LogP contribution is -2.37. The second-order valence-electron chi connectivity index (χ2n) is 6.40. The van der Waals surface area contributed by atoms with Gasteiger partial charge < -0.3 is 15.0 Å². The third-order valence-corrected chi connectivity index (χ3v) is 4.23. The first-order chi connectivity index (χ1) is 10.6. The molecule has 0 spiro atoms. The summed E-state index contributed by atoms with van der Waals surface area (Å²) in [4.78, 5) is 14.1. The van der Waals surface area contributed by atoms with Crippen molar-refractivity contribution in [2.45, 2.75) is 51.2 Å². The van der Waals surface area contributed by atoms with E-state index in [1.807, 2.05) is 50.2 Å². The van der Waals surface area contributed by atoms with E-state index in [1.165, 1.54) is 32.1 Å². The molecule has 1 aromatic rings. The van der Waals surface area contributed by atoms with Gasteiger partial charge in [0.15, 0.2) is 0 Å². The van der Waals surface area contributed by atoms with Crippen molar-refractivity contribution in [2.75, 3.05) is 25.5 Å². The van der Waals surface area contributed by atoms with Gasteiger partial charge in [0.05, 0.1) is 5.56 Å². The number of hydrogen-bond acceptors (Lipinski definition) is 4. The van der Waals surface area contributed by atoms with Gasteiger partial charge in [0.1, 0.15) is 6.10 Å². The molecule has 2 rings (SSSR count). The summed E-state index contributed by atoms with van der Waals surface area (Å²) in [6.45, 7) is 2.67. The van der Waals surface area contributed by atoms with Crippen LogP contribution in [-0.4, -0.2) is 38.8 Å². The minimum absolute atomic E-state index is 0. The quantitative estimate of drug-likeness (QED) is 0.803. The van der Waals surface area contributed by atoms with Gasteiger partial charge in [-0.05, 0) is 44.0 Å². The Hall–Kier alpha value is -1.26. The van der Waals surface area contributed by atoms with Gasteiger partial charge in [-0.25, -0.2) is 4.79 Å². The molecule has 1 aliphatic carbocycles. The number of esters is 1. The van der Waals surface area contributed by atoms with E-state index in [1.54, 1.807) is 0 Å². The van der Waals surface area contributed by atoms with Crippen LogP contribution in [0, 0.1) is 0 Å². The average molecular weight is 341 g/mol. The Morgan fingerprint density at radius 2 is 1.83 bits per heavy atom. The van der Waals surface area contributed by atoms with E-state index in [0.29, 0.717) is 11.6 Å². The number of ether oxygens (including phenoxy) is 1. The van der Waals surface area contributed by atoms with Gasteiger partial charge in [0.25, 0.3) is 0 Å². The summed E-state index contributed by atoms with van der Waals surface area (Å²) in [5, 5.41) is 3.52.